The van der Waals surface area contributed by atoms with Crippen molar-refractivity contribution in [3.63, 3.8) is 0 Å². The van der Waals surface area contributed by atoms with E-state index in [9.17, 15) is 0 Å². The molecule has 0 aliphatic heterocycles. The molecule has 2 aromatic rings. The van der Waals surface area contributed by atoms with Crippen molar-refractivity contribution in [3.05, 3.63) is 42.0 Å². The predicted octanol–water partition coefficient (Wildman–Crippen LogP) is 1.60. The molecule has 1 aliphatic carbocycles. The fourth-order valence-electron chi connectivity index (χ4n) is 1.80. The van der Waals surface area contributed by atoms with Crippen molar-refractivity contribution < 1.29 is 0 Å². The molecule has 0 amide bonds. The molecule has 0 unspecified atom stereocenters. The molecule has 82 valence electrons. The van der Waals surface area contributed by atoms with Crippen LogP contribution in [-0.4, -0.2) is 14.8 Å². The summed E-state index contributed by atoms with van der Waals surface area (Å²) in [5.74, 6) is 0.692. The molecule has 1 fully saturated rings. The summed E-state index contributed by atoms with van der Waals surface area (Å²) in [6.07, 6.45) is 6.34. The minimum Gasteiger partial charge on any atom is -0.325 e. The third-order valence-electron chi connectivity index (χ3n) is 2.88. The van der Waals surface area contributed by atoms with Gasteiger partial charge in [-0.2, -0.15) is 5.10 Å². The average Bonchev–Trinajstić information content (AvgIpc) is 3.07. The van der Waals surface area contributed by atoms with Gasteiger partial charge in [0.25, 0.3) is 0 Å². The van der Waals surface area contributed by atoms with Gasteiger partial charge in [-0.3, -0.25) is 4.98 Å². The van der Waals surface area contributed by atoms with Crippen LogP contribution in [0.4, 0.5) is 0 Å². The van der Waals surface area contributed by atoms with Gasteiger partial charge in [0.1, 0.15) is 0 Å². The van der Waals surface area contributed by atoms with Crippen molar-refractivity contribution in [2.24, 2.45) is 5.73 Å². The monoisotopic (exact) mass is 214 g/mol. The molecule has 2 N–H and O–H groups in total. The Bertz CT molecular complexity index is 499. The quantitative estimate of drug-likeness (QED) is 0.844. The van der Waals surface area contributed by atoms with Crippen molar-refractivity contribution in [1.29, 1.82) is 0 Å². The van der Waals surface area contributed by atoms with E-state index in [4.69, 9.17) is 5.73 Å². The summed E-state index contributed by atoms with van der Waals surface area (Å²) in [7, 11) is 0. The summed E-state index contributed by atoms with van der Waals surface area (Å²) >= 11 is 0. The maximum Gasteiger partial charge on any atom is 0.0679 e. The van der Waals surface area contributed by atoms with Gasteiger partial charge in [0, 0.05) is 24.9 Å². The maximum atomic E-state index is 5.57. The van der Waals surface area contributed by atoms with E-state index in [-0.39, 0.29) is 0 Å². The molecule has 1 aliphatic rings. The lowest BCUT2D eigenvalue weighted by atomic mass is 10.3. The number of rotatable bonds is 3. The molecule has 2 aromatic heterocycles. The maximum absolute atomic E-state index is 5.57. The first-order valence-corrected chi connectivity index (χ1v) is 5.58. The molecule has 2 heterocycles. The highest BCUT2D eigenvalue weighted by Gasteiger charge is 2.25. The van der Waals surface area contributed by atoms with Gasteiger partial charge in [-0.25, -0.2) is 4.68 Å². The number of nitrogens with zero attached hydrogens (tertiary/aromatic N) is 3. The summed E-state index contributed by atoms with van der Waals surface area (Å²) in [6.45, 7) is 0.463. The topological polar surface area (TPSA) is 56.7 Å². The Labute approximate surface area is 94.1 Å². The van der Waals surface area contributed by atoms with E-state index >= 15 is 0 Å². The molecule has 0 bridgehead atoms. The lowest BCUT2D eigenvalue weighted by Gasteiger charge is -2.02. The Morgan fingerprint density at radius 3 is 3.00 bits per heavy atom. The number of hydrogen-bond donors (Lipinski definition) is 1. The van der Waals surface area contributed by atoms with Crippen molar-refractivity contribution >= 4 is 0 Å². The van der Waals surface area contributed by atoms with E-state index in [0.717, 1.165) is 11.4 Å². The van der Waals surface area contributed by atoms with Crippen LogP contribution in [0.25, 0.3) is 5.69 Å². The second kappa shape index (κ2) is 3.72. The van der Waals surface area contributed by atoms with Crippen LogP contribution in [0.15, 0.2) is 30.6 Å². The summed E-state index contributed by atoms with van der Waals surface area (Å²) in [5.41, 5.74) is 8.69. The number of aromatic nitrogens is 3. The Morgan fingerprint density at radius 1 is 1.38 bits per heavy atom. The first-order valence-electron chi connectivity index (χ1n) is 5.58. The predicted molar refractivity (Wildman–Crippen MR) is 61.2 cm³/mol. The van der Waals surface area contributed by atoms with E-state index in [1.165, 1.54) is 18.5 Å². The van der Waals surface area contributed by atoms with Gasteiger partial charge >= 0.3 is 0 Å². The van der Waals surface area contributed by atoms with Crippen LogP contribution in [-0.2, 0) is 6.54 Å². The van der Waals surface area contributed by atoms with Gasteiger partial charge in [-0.15, -0.1) is 0 Å². The molecule has 4 nitrogen and oxygen atoms in total. The van der Waals surface area contributed by atoms with Crippen LogP contribution in [0.3, 0.4) is 0 Å². The zero-order valence-corrected chi connectivity index (χ0v) is 9.00. The smallest absolute Gasteiger partial charge is 0.0679 e. The molecule has 0 radical (unpaired) electrons. The van der Waals surface area contributed by atoms with Gasteiger partial charge < -0.3 is 5.73 Å². The third-order valence-corrected chi connectivity index (χ3v) is 2.88. The zero-order chi connectivity index (χ0) is 11.0. The van der Waals surface area contributed by atoms with E-state index in [1.54, 1.807) is 6.20 Å². The second-order valence-electron chi connectivity index (χ2n) is 4.17. The summed E-state index contributed by atoms with van der Waals surface area (Å²) in [4.78, 5) is 4.17. The van der Waals surface area contributed by atoms with Crippen LogP contribution in [0, 0.1) is 0 Å². The molecule has 0 spiro atoms. The fourth-order valence-corrected chi connectivity index (χ4v) is 1.80. The number of pyridine rings is 1. The SMILES string of the molecule is NCc1cc(-n2ccc(C3CC3)n2)ccn1. The number of nitrogens with two attached hydrogens (primary N) is 1. The zero-order valence-electron chi connectivity index (χ0n) is 9.00. The summed E-state index contributed by atoms with van der Waals surface area (Å²) in [5, 5.41) is 4.57. The molecule has 16 heavy (non-hydrogen) atoms. The Morgan fingerprint density at radius 2 is 2.25 bits per heavy atom. The van der Waals surface area contributed by atoms with Crippen molar-refractivity contribution in [2.45, 2.75) is 25.3 Å². The summed E-state index contributed by atoms with van der Waals surface area (Å²) in [6, 6.07) is 6.02. The Kier molecular flexibility index (Phi) is 2.22. The van der Waals surface area contributed by atoms with Crippen molar-refractivity contribution in [1.82, 2.24) is 14.8 Å². The first-order chi connectivity index (χ1) is 7.86. The Balaban J connectivity index is 1.93. The molecular formula is C12H14N4. The van der Waals surface area contributed by atoms with Gasteiger partial charge in [0.05, 0.1) is 17.1 Å². The average molecular weight is 214 g/mol. The highest BCUT2D eigenvalue weighted by atomic mass is 15.3. The lowest BCUT2D eigenvalue weighted by molar-refractivity contribution is 0.830. The van der Waals surface area contributed by atoms with E-state index in [1.807, 2.05) is 23.0 Å². The van der Waals surface area contributed by atoms with Gasteiger partial charge in [0.15, 0.2) is 0 Å². The molecule has 0 saturated heterocycles. The molecular weight excluding hydrogens is 200 g/mol. The normalized spacial score (nSPS) is 15.3. The third kappa shape index (κ3) is 1.72. The molecule has 0 atom stereocenters. The van der Waals surface area contributed by atoms with E-state index < -0.39 is 0 Å². The van der Waals surface area contributed by atoms with Crippen molar-refractivity contribution in [3.8, 4) is 5.69 Å². The van der Waals surface area contributed by atoms with Crippen LogP contribution >= 0.6 is 0 Å². The fraction of sp³-hybridized carbons (Fsp3) is 0.333. The van der Waals surface area contributed by atoms with Gasteiger partial charge in [-0.05, 0) is 31.0 Å². The molecule has 4 heteroatoms. The van der Waals surface area contributed by atoms with Crippen LogP contribution in [0.5, 0.6) is 0 Å². The van der Waals surface area contributed by atoms with Gasteiger partial charge in [-0.1, -0.05) is 0 Å². The minimum absolute atomic E-state index is 0.463. The summed E-state index contributed by atoms with van der Waals surface area (Å²) < 4.78 is 1.90. The van der Waals surface area contributed by atoms with Gasteiger partial charge in [0.2, 0.25) is 0 Å². The number of hydrogen-bond acceptors (Lipinski definition) is 3. The molecule has 3 rings (SSSR count). The standard InChI is InChI=1S/C12H14N4/c13-8-10-7-11(3-5-14-10)16-6-4-12(15-16)9-1-2-9/h3-7,9H,1-2,8,13H2. The second-order valence-corrected chi connectivity index (χ2v) is 4.17. The highest BCUT2D eigenvalue weighted by Crippen LogP contribution is 2.38. The van der Waals surface area contributed by atoms with Crippen LogP contribution in [0.2, 0.25) is 0 Å². The molecule has 0 aromatic carbocycles. The van der Waals surface area contributed by atoms with E-state index in [2.05, 4.69) is 16.1 Å². The highest BCUT2D eigenvalue weighted by molar-refractivity contribution is 5.32. The van der Waals surface area contributed by atoms with Crippen molar-refractivity contribution in [2.75, 3.05) is 0 Å². The van der Waals surface area contributed by atoms with Crippen LogP contribution < -0.4 is 5.73 Å². The Hall–Kier alpha value is -1.68. The lowest BCUT2D eigenvalue weighted by Crippen LogP contribution is -2.02. The van der Waals surface area contributed by atoms with E-state index in [0.29, 0.717) is 12.5 Å². The first kappa shape index (κ1) is 9.54. The van der Waals surface area contributed by atoms with Crippen LogP contribution in [0.1, 0.15) is 30.1 Å². The molecule has 1 saturated carbocycles. The largest absolute Gasteiger partial charge is 0.325 e. The minimum atomic E-state index is 0.463.